The van der Waals surface area contributed by atoms with E-state index in [1.807, 2.05) is 12.3 Å². The van der Waals surface area contributed by atoms with Crippen molar-refractivity contribution in [2.75, 3.05) is 0 Å². The molecule has 96 valence electrons. The molecule has 0 saturated heterocycles. The summed E-state index contributed by atoms with van der Waals surface area (Å²) in [5, 5.41) is 3.82. The maximum atomic E-state index is 12.0. The van der Waals surface area contributed by atoms with Crippen LogP contribution in [-0.2, 0) is 22.3 Å². The Labute approximate surface area is 122 Å². The summed E-state index contributed by atoms with van der Waals surface area (Å²) < 4.78 is 12.0. The molecule has 0 aliphatic carbocycles. The maximum Gasteiger partial charge on any atom is 0.0897 e. The van der Waals surface area contributed by atoms with Gasteiger partial charge in [-0.05, 0) is 13.0 Å². The van der Waals surface area contributed by atoms with Gasteiger partial charge in [0, 0.05) is 22.4 Å². The smallest absolute Gasteiger partial charge is 0.0897 e. The van der Waals surface area contributed by atoms with E-state index >= 15 is 0 Å². The normalized spacial score (nSPS) is 12.6. The van der Waals surface area contributed by atoms with Crippen molar-refractivity contribution in [3.63, 3.8) is 0 Å². The van der Waals surface area contributed by atoms with Crippen molar-refractivity contribution in [3.05, 3.63) is 44.1 Å². The summed E-state index contributed by atoms with van der Waals surface area (Å²) >= 11 is 13.3. The first-order chi connectivity index (χ1) is 8.54. The van der Waals surface area contributed by atoms with Crippen molar-refractivity contribution >= 4 is 45.3 Å². The van der Waals surface area contributed by atoms with Crippen LogP contribution in [0.15, 0.2) is 17.6 Å². The SMILES string of the molecule is Cc1nc(CS(=O)Cc2ncc(Cl)cc2Cl)cs1. The molecule has 0 aliphatic heterocycles. The first-order valence-corrected chi connectivity index (χ1v) is 8.23. The lowest BCUT2D eigenvalue weighted by molar-refractivity contribution is 0.681. The quantitative estimate of drug-likeness (QED) is 0.864. The minimum absolute atomic E-state index is 0.312. The summed E-state index contributed by atoms with van der Waals surface area (Å²) in [4.78, 5) is 8.37. The third-order valence-electron chi connectivity index (χ3n) is 2.16. The van der Waals surface area contributed by atoms with Crippen molar-refractivity contribution in [2.24, 2.45) is 0 Å². The highest BCUT2D eigenvalue weighted by Crippen LogP contribution is 2.20. The van der Waals surface area contributed by atoms with Crippen LogP contribution in [0.4, 0.5) is 0 Å². The predicted molar refractivity (Wildman–Crippen MR) is 76.7 cm³/mol. The van der Waals surface area contributed by atoms with Crippen LogP contribution in [0.1, 0.15) is 16.4 Å². The van der Waals surface area contributed by atoms with Crippen LogP contribution in [0.3, 0.4) is 0 Å². The predicted octanol–water partition coefficient (Wildman–Crippen LogP) is 3.60. The van der Waals surface area contributed by atoms with Gasteiger partial charge in [-0.2, -0.15) is 0 Å². The number of thiazole rings is 1. The van der Waals surface area contributed by atoms with E-state index in [4.69, 9.17) is 23.2 Å². The Morgan fingerprint density at radius 2 is 2.17 bits per heavy atom. The number of aryl methyl sites for hydroxylation is 1. The monoisotopic (exact) mass is 320 g/mol. The lowest BCUT2D eigenvalue weighted by atomic mass is 10.4. The van der Waals surface area contributed by atoms with Gasteiger partial charge in [0.25, 0.3) is 0 Å². The third-order valence-corrected chi connectivity index (χ3v) is 4.73. The fourth-order valence-corrected chi connectivity index (χ4v) is 3.75. The molecule has 0 spiro atoms. The van der Waals surface area contributed by atoms with E-state index in [1.54, 1.807) is 17.4 Å². The summed E-state index contributed by atoms with van der Waals surface area (Å²) in [6.45, 7) is 1.93. The minimum atomic E-state index is -1.07. The summed E-state index contributed by atoms with van der Waals surface area (Å²) in [6.07, 6.45) is 1.51. The molecular formula is C11H10Cl2N2OS2. The van der Waals surface area contributed by atoms with Crippen LogP contribution in [-0.4, -0.2) is 14.2 Å². The molecule has 0 saturated carbocycles. The number of halogens is 2. The number of nitrogens with zero attached hydrogens (tertiary/aromatic N) is 2. The minimum Gasteiger partial charge on any atom is -0.259 e. The number of aromatic nitrogens is 2. The molecule has 2 aromatic rings. The summed E-state index contributed by atoms with van der Waals surface area (Å²) in [7, 11) is -1.07. The second kappa shape index (κ2) is 6.10. The highest BCUT2D eigenvalue weighted by atomic mass is 35.5. The van der Waals surface area contributed by atoms with E-state index in [0.29, 0.717) is 27.2 Å². The molecule has 0 fully saturated rings. The Kier molecular flexibility index (Phi) is 4.72. The van der Waals surface area contributed by atoms with Crippen LogP contribution >= 0.6 is 34.5 Å². The lowest BCUT2D eigenvalue weighted by Crippen LogP contribution is -2.02. The van der Waals surface area contributed by atoms with Gasteiger partial charge in [-0.3, -0.25) is 9.19 Å². The van der Waals surface area contributed by atoms with Crippen molar-refractivity contribution in [3.8, 4) is 0 Å². The van der Waals surface area contributed by atoms with Gasteiger partial charge in [-0.25, -0.2) is 4.98 Å². The van der Waals surface area contributed by atoms with Crippen molar-refractivity contribution in [1.29, 1.82) is 0 Å². The van der Waals surface area contributed by atoms with Crippen molar-refractivity contribution in [2.45, 2.75) is 18.4 Å². The van der Waals surface area contributed by atoms with Gasteiger partial charge in [0.1, 0.15) is 0 Å². The fraction of sp³-hybridized carbons (Fsp3) is 0.273. The standard InChI is InChI=1S/C11H10Cl2N2OS2/c1-7-15-9(4-17-7)5-18(16)6-11-10(13)2-8(12)3-14-11/h2-4H,5-6H2,1H3. The third kappa shape index (κ3) is 3.75. The van der Waals surface area contributed by atoms with Crippen LogP contribution < -0.4 is 0 Å². The van der Waals surface area contributed by atoms with E-state index in [9.17, 15) is 4.21 Å². The lowest BCUT2D eigenvalue weighted by Gasteiger charge is -2.03. The average Bonchev–Trinajstić information content (AvgIpc) is 2.68. The van der Waals surface area contributed by atoms with Gasteiger partial charge in [-0.1, -0.05) is 23.2 Å². The molecule has 18 heavy (non-hydrogen) atoms. The van der Waals surface area contributed by atoms with Crippen LogP contribution in [0.25, 0.3) is 0 Å². The van der Waals surface area contributed by atoms with E-state index < -0.39 is 10.8 Å². The maximum absolute atomic E-state index is 12.0. The fourth-order valence-electron chi connectivity index (χ4n) is 1.39. The molecule has 2 heterocycles. The zero-order chi connectivity index (χ0) is 13.1. The second-order valence-corrected chi connectivity index (χ2v) is 7.03. The number of pyridine rings is 1. The summed E-state index contributed by atoms with van der Waals surface area (Å²) in [5.74, 6) is 0.734. The van der Waals surface area contributed by atoms with Gasteiger partial charge in [0.2, 0.25) is 0 Å². The summed E-state index contributed by atoms with van der Waals surface area (Å²) in [5.41, 5.74) is 1.45. The van der Waals surface area contributed by atoms with E-state index in [-0.39, 0.29) is 0 Å². The van der Waals surface area contributed by atoms with Crippen molar-refractivity contribution < 1.29 is 4.21 Å². The molecule has 0 aliphatic rings. The molecule has 2 rings (SSSR count). The Morgan fingerprint density at radius 1 is 1.39 bits per heavy atom. The van der Waals surface area contributed by atoms with Gasteiger partial charge in [0.05, 0.1) is 37.9 Å². The number of hydrogen-bond donors (Lipinski definition) is 0. The molecular weight excluding hydrogens is 311 g/mol. The van der Waals surface area contributed by atoms with E-state index in [2.05, 4.69) is 9.97 Å². The molecule has 1 unspecified atom stereocenters. The first kappa shape index (κ1) is 13.9. The molecule has 3 nitrogen and oxygen atoms in total. The topological polar surface area (TPSA) is 42.9 Å². The summed E-state index contributed by atoms with van der Waals surface area (Å²) in [6, 6.07) is 1.61. The first-order valence-electron chi connectivity index (χ1n) is 5.10. The van der Waals surface area contributed by atoms with Gasteiger partial charge in [0.15, 0.2) is 0 Å². The molecule has 1 atom stereocenters. The van der Waals surface area contributed by atoms with Crippen LogP contribution in [0.5, 0.6) is 0 Å². The molecule has 0 aromatic carbocycles. The van der Waals surface area contributed by atoms with Gasteiger partial charge in [-0.15, -0.1) is 11.3 Å². The molecule has 0 N–H and O–H groups in total. The zero-order valence-electron chi connectivity index (χ0n) is 9.52. The average molecular weight is 321 g/mol. The van der Waals surface area contributed by atoms with Crippen LogP contribution in [0, 0.1) is 6.92 Å². The second-order valence-electron chi connectivity index (χ2n) is 3.67. The van der Waals surface area contributed by atoms with Gasteiger partial charge < -0.3 is 0 Å². The Morgan fingerprint density at radius 3 is 2.78 bits per heavy atom. The Balaban J connectivity index is 2.03. The molecule has 0 radical (unpaired) electrons. The molecule has 0 bridgehead atoms. The zero-order valence-corrected chi connectivity index (χ0v) is 12.7. The number of rotatable bonds is 4. The highest BCUT2D eigenvalue weighted by Gasteiger charge is 2.10. The van der Waals surface area contributed by atoms with E-state index in [1.165, 1.54) is 6.20 Å². The molecule has 0 amide bonds. The Bertz CT molecular complexity index is 586. The van der Waals surface area contributed by atoms with E-state index in [0.717, 1.165) is 10.7 Å². The largest absolute Gasteiger partial charge is 0.259 e. The molecule has 7 heteroatoms. The Hall–Kier alpha value is -0.490. The van der Waals surface area contributed by atoms with Crippen LogP contribution in [0.2, 0.25) is 10.0 Å². The highest BCUT2D eigenvalue weighted by molar-refractivity contribution is 7.83. The number of hydrogen-bond acceptors (Lipinski definition) is 4. The van der Waals surface area contributed by atoms with Crippen molar-refractivity contribution in [1.82, 2.24) is 9.97 Å². The molecule has 2 aromatic heterocycles. The van der Waals surface area contributed by atoms with Gasteiger partial charge >= 0.3 is 0 Å².